The fourth-order valence-corrected chi connectivity index (χ4v) is 4.10. The number of rotatable bonds is 5. The lowest BCUT2D eigenvalue weighted by Crippen LogP contribution is -2.17. The van der Waals surface area contributed by atoms with Gasteiger partial charge in [-0.15, -0.1) is 0 Å². The molecule has 0 spiro atoms. The van der Waals surface area contributed by atoms with E-state index in [-0.39, 0.29) is 6.04 Å². The van der Waals surface area contributed by atoms with E-state index in [2.05, 4.69) is 24.2 Å². The van der Waals surface area contributed by atoms with Crippen molar-refractivity contribution >= 4 is 23.7 Å². The van der Waals surface area contributed by atoms with Crippen LogP contribution in [0, 0.1) is 6.92 Å². The Balaban J connectivity index is 1.58. The van der Waals surface area contributed by atoms with Crippen LogP contribution in [-0.2, 0) is 4.79 Å². The van der Waals surface area contributed by atoms with Crippen molar-refractivity contribution in [1.82, 2.24) is 14.8 Å². The Morgan fingerprint density at radius 1 is 0.938 bits per heavy atom. The number of amides is 1. The molecule has 1 aromatic heterocycles. The van der Waals surface area contributed by atoms with E-state index in [1.807, 2.05) is 77.6 Å². The molecule has 6 heteroatoms. The van der Waals surface area contributed by atoms with Crippen molar-refractivity contribution < 1.29 is 4.79 Å². The van der Waals surface area contributed by atoms with Gasteiger partial charge < -0.3 is 0 Å². The number of para-hydroxylation sites is 1. The lowest BCUT2D eigenvalue weighted by Gasteiger charge is -2.17. The molecule has 32 heavy (non-hydrogen) atoms. The molecule has 0 radical (unpaired) electrons. The van der Waals surface area contributed by atoms with Gasteiger partial charge in [0.2, 0.25) is 6.41 Å². The van der Waals surface area contributed by atoms with Crippen LogP contribution < -0.4 is 0 Å². The van der Waals surface area contributed by atoms with E-state index in [9.17, 15) is 4.79 Å². The summed E-state index contributed by atoms with van der Waals surface area (Å²) in [5.41, 5.74) is 6.73. The third kappa shape index (κ3) is 3.83. The molecule has 1 aliphatic heterocycles. The minimum atomic E-state index is -0.244. The quantitative estimate of drug-likeness (QED) is 0.368. The topological polar surface area (TPSA) is 50.5 Å². The van der Waals surface area contributed by atoms with E-state index in [0.29, 0.717) is 11.4 Å². The molecule has 1 unspecified atom stereocenters. The van der Waals surface area contributed by atoms with Gasteiger partial charge in [0.15, 0.2) is 0 Å². The molecule has 0 N–H and O–H groups in total. The highest BCUT2D eigenvalue weighted by Crippen LogP contribution is 2.37. The molecular weight excluding hydrogens is 420 g/mol. The molecule has 1 amide bonds. The Labute approximate surface area is 191 Å². The Bertz CT molecular complexity index is 1280. The molecule has 1 aliphatic rings. The second-order valence-electron chi connectivity index (χ2n) is 7.84. The van der Waals surface area contributed by atoms with Crippen LogP contribution in [-0.4, -0.2) is 26.9 Å². The Morgan fingerprint density at radius 2 is 1.62 bits per heavy atom. The third-order valence-electron chi connectivity index (χ3n) is 5.67. The summed E-state index contributed by atoms with van der Waals surface area (Å²) in [7, 11) is 0. The van der Waals surface area contributed by atoms with Crippen molar-refractivity contribution in [1.29, 1.82) is 0 Å². The van der Waals surface area contributed by atoms with Gasteiger partial charge in [-0.25, -0.2) is 9.69 Å². The van der Waals surface area contributed by atoms with E-state index in [0.717, 1.165) is 40.2 Å². The zero-order valence-corrected chi connectivity index (χ0v) is 18.3. The van der Waals surface area contributed by atoms with Crippen LogP contribution in [0.5, 0.6) is 0 Å². The highest BCUT2D eigenvalue weighted by atomic mass is 35.5. The predicted octanol–water partition coefficient (Wildman–Crippen LogP) is 5.81. The highest BCUT2D eigenvalue weighted by molar-refractivity contribution is 6.30. The number of aromatic nitrogens is 2. The zero-order valence-electron chi connectivity index (χ0n) is 17.5. The third-order valence-corrected chi connectivity index (χ3v) is 5.93. The molecule has 0 bridgehead atoms. The standard InChI is InChI=1S/C26H21ClN4O/c1-18-7-9-19(10-8-18)24-15-25(31(17-32)28-24)23-16-30(22-5-3-2-4-6-22)29-26(23)20-11-13-21(27)14-12-20/h2-14,16-17,25H,15H2,1H3. The van der Waals surface area contributed by atoms with Crippen LogP contribution in [0.3, 0.4) is 0 Å². The summed E-state index contributed by atoms with van der Waals surface area (Å²) in [5, 5.41) is 11.7. The smallest absolute Gasteiger partial charge is 0.230 e. The van der Waals surface area contributed by atoms with E-state index < -0.39 is 0 Å². The van der Waals surface area contributed by atoms with E-state index >= 15 is 0 Å². The SMILES string of the molecule is Cc1ccc(C2=NN(C=O)C(c3cn(-c4ccccc4)nc3-c3ccc(Cl)cc3)C2)cc1. The minimum Gasteiger partial charge on any atom is -0.277 e. The van der Waals surface area contributed by atoms with Crippen molar-refractivity contribution in [2.75, 3.05) is 0 Å². The number of hydrazone groups is 1. The van der Waals surface area contributed by atoms with Gasteiger partial charge in [-0.3, -0.25) is 4.79 Å². The molecule has 5 nitrogen and oxygen atoms in total. The van der Waals surface area contributed by atoms with Gasteiger partial charge in [0, 0.05) is 28.8 Å². The van der Waals surface area contributed by atoms with Crippen molar-refractivity contribution in [3.05, 3.63) is 107 Å². The number of carbonyl (C=O) groups is 1. The number of halogens is 1. The number of benzene rings is 3. The van der Waals surface area contributed by atoms with Crippen LogP contribution in [0.25, 0.3) is 16.9 Å². The number of aryl methyl sites for hydroxylation is 1. The van der Waals surface area contributed by atoms with Gasteiger partial charge in [-0.1, -0.05) is 71.8 Å². The van der Waals surface area contributed by atoms with Crippen LogP contribution in [0.15, 0.2) is 90.2 Å². The summed E-state index contributed by atoms with van der Waals surface area (Å²) in [5.74, 6) is 0. The molecule has 0 fully saturated rings. The van der Waals surface area contributed by atoms with Gasteiger partial charge >= 0.3 is 0 Å². The van der Waals surface area contributed by atoms with Crippen LogP contribution in [0.1, 0.15) is 29.2 Å². The maximum atomic E-state index is 12.0. The first-order valence-electron chi connectivity index (χ1n) is 10.4. The molecule has 5 rings (SSSR count). The first-order chi connectivity index (χ1) is 15.6. The second-order valence-corrected chi connectivity index (χ2v) is 8.27. The minimum absolute atomic E-state index is 0.244. The molecule has 0 saturated carbocycles. The summed E-state index contributed by atoms with van der Waals surface area (Å²) in [6.07, 6.45) is 3.40. The average molecular weight is 441 g/mol. The van der Waals surface area contributed by atoms with Crippen molar-refractivity contribution in [3.8, 4) is 16.9 Å². The Kier molecular flexibility index (Phi) is 5.33. The van der Waals surface area contributed by atoms with Crippen molar-refractivity contribution in [3.63, 3.8) is 0 Å². The summed E-state index contributed by atoms with van der Waals surface area (Å²) >= 11 is 6.11. The highest BCUT2D eigenvalue weighted by Gasteiger charge is 2.32. The molecule has 4 aromatic rings. The summed E-state index contributed by atoms with van der Waals surface area (Å²) in [4.78, 5) is 12.0. The summed E-state index contributed by atoms with van der Waals surface area (Å²) in [6, 6.07) is 25.5. The molecule has 2 heterocycles. The number of nitrogens with zero attached hydrogens (tertiary/aromatic N) is 4. The number of hydrogen-bond donors (Lipinski definition) is 0. The zero-order chi connectivity index (χ0) is 22.1. The van der Waals surface area contributed by atoms with Gasteiger partial charge in [-0.2, -0.15) is 10.2 Å². The monoisotopic (exact) mass is 440 g/mol. The molecule has 3 aromatic carbocycles. The molecule has 158 valence electrons. The largest absolute Gasteiger partial charge is 0.277 e. The van der Waals surface area contributed by atoms with Gasteiger partial charge in [0.05, 0.1) is 23.1 Å². The fourth-order valence-electron chi connectivity index (χ4n) is 3.97. The average Bonchev–Trinajstić information content (AvgIpc) is 3.45. The summed E-state index contributed by atoms with van der Waals surface area (Å²) < 4.78 is 1.85. The van der Waals surface area contributed by atoms with Crippen molar-refractivity contribution in [2.45, 2.75) is 19.4 Å². The fraction of sp³-hybridized carbons (Fsp3) is 0.115. The maximum Gasteiger partial charge on any atom is 0.230 e. The van der Waals surface area contributed by atoms with E-state index in [1.54, 1.807) is 0 Å². The van der Waals surface area contributed by atoms with Crippen LogP contribution >= 0.6 is 11.6 Å². The lowest BCUT2D eigenvalue weighted by molar-refractivity contribution is -0.119. The molecule has 1 atom stereocenters. The molecule has 0 aliphatic carbocycles. The van der Waals surface area contributed by atoms with Crippen LogP contribution in [0.4, 0.5) is 0 Å². The lowest BCUT2D eigenvalue weighted by atomic mass is 9.96. The van der Waals surface area contributed by atoms with Crippen LogP contribution in [0.2, 0.25) is 5.02 Å². The molecule has 0 saturated heterocycles. The first kappa shape index (κ1) is 20.2. The van der Waals surface area contributed by atoms with Gasteiger partial charge in [0.25, 0.3) is 0 Å². The maximum absolute atomic E-state index is 12.0. The van der Waals surface area contributed by atoms with E-state index in [1.165, 1.54) is 10.6 Å². The first-order valence-corrected chi connectivity index (χ1v) is 10.8. The molecular formula is C26H21ClN4O. The van der Waals surface area contributed by atoms with E-state index in [4.69, 9.17) is 16.7 Å². The summed E-state index contributed by atoms with van der Waals surface area (Å²) in [6.45, 7) is 2.05. The predicted molar refractivity (Wildman–Crippen MR) is 127 cm³/mol. The Hall–Kier alpha value is -3.70. The second kappa shape index (κ2) is 8.44. The number of carbonyl (C=O) groups excluding carboxylic acids is 1. The normalized spacial score (nSPS) is 15.6. The number of hydrogen-bond acceptors (Lipinski definition) is 3. The van der Waals surface area contributed by atoms with Gasteiger partial charge in [-0.05, 0) is 36.8 Å². The van der Waals surface area contributed by atoms with Crippen molar-refractivity contribution in [2.24, 2.45) is 5.10 Å². The van der Waals surface area contributed by atoms with Gasteiger partial charge in [0.1, 0.15) is 0 Å². The Morgan fingerprint density at radius 3 is 2.31 bits per heavy atom.